The molecule has 4 nitrogen and oxygen atoms in total. The van der Waals surface area contributed by atoms with Crippen LogP contribution in [0.4, 0.5) is 0 Å². The molecule has 0 bridgehead atoms. The van der Waals surface area contributed by atoms with Gasteiger partial charge in [0, 0.05) is 23.6 Å². The van der Waals surface area contributed by atoms with Crippen LogP contribution in [0.1, 0.15) is 25.1 Å². The topological polar surface area (TPSA) is 47.0 Å². The first-order valence-corrected chi connectivity index (χ1v) is 8.89. The van der Waals surface area contributed by atoms with Gasteiger partial charge in [0.2, 0.25) is 5.88 Å². The molecule has 0 saturated carbocycles. The largest absolute Gasteiger partial charge is 0.476 e. The van der Waals surface area contributed by atoms with E-state index in [4.69, 9.17) is 4.74 Å². The van der Waals surface area contributed by atoms with Crippen LogP contribution in [0, 0.1) is 12.8 Å². The number of benzene rings is 1. The first-order chi connectivity index (χ1) is 11.1. The summed E-state index contributed by atoms with van der Waals surface area (Å²) in [4.78, 5) is 9.00. The van der Waals surface area contributed by atoms with Crippen LogP contribution in [0.2, 0.25) is 0 Å². The van der Waals surface area contributed by atoms with Crippen LogP contribution < -0.4 is 10.1 Å². The van der Waals surface area contributed by atoms with Gasteiger partial charge in [0.25, 0.3) is 0 Å². The molecule has 23 heavy (non-hydrogen) atoms. The molecule has 1 heterocycles. The molecule has 0 radical (unpaired) electrons. The molecule has 1 unspecified atom stereocenters. The van der Waals surface area contributed by atoms with E-state index in [9.17, 15) is 0 Å². The Balaban J connectivity index is 1.98. The van der Waals surface area contributed by atoms with Gasteiger partial charge in [-0.05, 0) is 25.5 Å². The standard InChI is InChI=1S/C18H25N3OS/c1-13(2)16(19-4)11-22-17-10-14(3)20-18(21-17)23-12-15-8-6-5-7-9-15/h5-10,13,16,19H,11-12H2,1-4H3. The number of hydrogen-bond acceptors (Lipinski definition) is 5. The van der Waals surface area contributed by atoms with E-state index >= 15 is 0 Å². The third-order valence-corrected chi connectivity index (χ3v) is 4.53. The van der Waals surface area contributed by atoms with Gasteiger partial charge in [-0.3, -0.25) is 0 Å². The minimum Gasteiger partial charge on any atom is -0.476 e. The van der Waals surface area contributed by atoms with Crippen molar-refractivity contribution in [2.24, 2.45) is 5.92 Å². The van der Waals surface area contributed by atoms with Crippen molar-refractivity contribution in [3.63, 3.8) is 0 Å². The molecule has 1 atom stereocenters. The highest BCUT2D eigenvalue weighted by Crippen LogP contribution is 2.22. The van der Waals surface area contributed by atoms with Crippen molar-refractivity contribution < 1.29 is 4.74 Å². The number of rotatable bonds is 8. The number of aromatic nitrogens is 2. The van der Waals surface area contributed by atoms with Crippen LogP contribution in [-0.2, 0) is 5.75 Å². The number of ether oxygens (including phenoxy) is 1. The zero-order valence-corrected chi connectivity index (χ0v) is 15.1. The summed E-state index contributed by atoms with van der Waals surface area (Å²) in [6.45, 7) is 6.93. The summed E-state index contributed by atoms with van der Waals surface area (Å²) in [7, 11) is 1.96. The molecule has 0 saturated heterocycles. The first kappa shape index (κ1) is 17.8. The number of aryl methyl sites for hydroxylation is 1. The molecule has 2 rings (SSSR count). The molecule has 1 aromatic heterocycles. The molecule has 124 valence electrons. The minimum absolute atomic E-state index is 0.311. The molecule has 1 N–H and O–H groups in total. The van der Waals surface area contributed by atoms with E-state index in [1.807, 2.05) is 38.2 Å². The summed E-state index contributed by atoms with van der Waals surface area (Å²) in [6, 6.07) is 12.5. The zero-order valence-electron chi connectivity index (χ0n) is 14.2. The molecule has 2 aromatic rings. The average Bonchev–Trinajstić information content (AvgIpc) is 2.54. The van der Waals surface area contributed by atoms with Gasteiger partial charge >= 0.3 is 0 Å². The van der Waals surface area contributed by atoms with E-state index in [1.54, 1.807) is 11.8 Å². The maximum absolute atomic E-state index is 5.87. The summed E-state index contributed by atoms with van der Waals surface area (Å²) in [5.41, 5.74) is 2.19. The van der Waals surface area contributed by atoms with Gasteiger partial charge in [-0.2, -0.15) is 4.98 Å². The van der Waals surface area contributed by atoms with Crippen LogP contribution in [0.15, 0.2) is 41.6 Å². The fraction of sp³-hybridized carbons (Fsp3) is 0.444. The van der Waals surface area contributed by atoms with E-state index in [-0.39, 0.29) is 0 Å². The van der Waals surface area contributed by atoms with Gasteiger partial charge in [-0.15, -0.1) is 0 Å². The normalized spacial score (nSPS) is 12.4. The highest BCUT2D eigenvalue weighted by Gasteiger charge is 2.12. The molecule has 5 heteroatoms. The number of thioether (sulfide) groups is 1. The van der Waals surface area contributed by atoms with Gasteiger partial charge in [0.05, 0.1) is 0 Å². The van der Waals surface area contributed by atoms with E-state index < -0.39 is 0 Å². The van der Waals surface area contributed by atoms with Crippen LogP contribution in [0.25, 0.3) is 0 Å². The van der Waals surface area contributed by atoms with Crippen molar-refractivity contribution in [2.45, 2.75) is 37.7 Å². The third-order valence-electron chi connectivity index (χ3n) is 3.61. The maximum atomic E-state index is 5.87. The van der Waals surface area contributed by atoms with E-state index in [1.165, 1.54) is 5.56 Å². The Bertz CT molecular complexity index is 604. The Labute approximate surface area is 143 Å². The Morgan fingerprint density at radius 3 is 2.57 bits per heavy atom. The number of nitrogens with one attached hydrogen (secondary N) is 1. The SMILES string of the molecule is CNC(COc1cc(C)nc(SCc2ccccc2)n1)C(C)C. The molecule has 0 aliphatic rings. The lowest BCUT2D eigenvalue weighted by Gasteiger charge is -2.20. The number of likely N-dealkylation sites (N-methyl/N-ethyl adjacent to an activating group) is 1. The smallest absolute Gasteiger partial charge is 0.217 e. The lowest BCUT2D eigenvalue weighted by atomic mass is 10.1. The maximum Gasteiger partial charge on any atom is 0.217 e. The first-order valence-electron chi connectivity index (χ1n) is 7.91. The highest BCUT2D eigenvalue weighted by atomic mass is 32.2. The van der Waals surface area contributed by atoms with Crippen molar-refractivity contribution in [3.8, 4) is 5.88 Å². The van der Waals surface area contributed by atoms with Gasteiger partial charge in [0.15, 0.2) is 5.16 Å². The van der Waals surface area contributed by atoms with Crippen molar-refractivity contribution in [3.05, 3.63) is 47.7 Å². The molecule has 0 aliphatic carbocycles. The predicted octanol–water partition coefficient (Wildman–Crippen LogP) is 3.70. The van der Waals surface area contributed by atoms with Crippen LogP contribution >= 0.6 is 11.8 Å². The third kappa shape index (κ3) is 5.84. The molecular weight excluding hydrogens is 306 g/mol. The molecule has 0 aliphatic heterocycles. The summed E-state index contributed by atoms with van der Waals surface area (Å²) in [6.07, 6.45) is 0. The Hall–Kier alpha value is -1.59. The fourth-order valence-corrected chi connectivity index (χ4v) is 3.01. The van der Waals surface area contributed by atoms with Gasteiger partial charge < -0.3 is 10.1 Å². The Kier molecular flexibility index (Phi) is 6.86. The highest BCUT2D eigenvalue weighted by molar-refractivity contribution is 7.98. The Morgan fingerprint density at radius 2 is 1.91 bits per heavy atom. The predicted molar refractivity (Wildman–Crippen MR) is 96.0 cm³/mol. The summed E-state index contributed by atoms with van der Waals surface area (Å²) in [5, 5.41) is 4.03. The summed E-state index contributed by atoms with van der Waals surface area (Å²) in [5.74, 6) is 2.01. The zero-order chi connectivity index (χ0) is 16.7. The summed E-state index contributed by atoms with van der Waals surface area (Å²) >= 11 is 1.63. The van der Waals surface area contributed by atoms with Crippen molar-refractivity contribution in [2.75, 3.05) is 13.7 Å². The van der Waals surface area contributed by atoms with Gasteiger partial charge in [0.1, 0.15) is 6.61 Å². The average molecular weight is 331 g/mol. The van der Waals surface area contributed by atoms with Gasteiger partial charge in [-0.1, -0.05) is 55.9 Å². The van der Waals surface area contributed by atoms with Crippen LogP contribution in [-0.4, -0.2) is 29.7 Å². The lowest BCUT2D eigenvalue weighted by Crippen LogP contribution is -2.36. The molecule has 0 amide bonds. The number of nitrogens with zero attached hydrogens (tertiary/aromatic N) is 2. The van der Waals surface area contributed by atoms with E-state index in [2.05, 4.69) is 41.3 Å². The van der Waals surface area contributed by atoms with Crippen molar-refractivity contribution in [1.29, 1.82) is 0 Å². The van der Waals surface area contributed by atoms with Gasteiger partial charge in [-0.25, -0.2) is 4.98 Å². The van der Waals surface area contributed by atoms with Crippen molar-refractivity contribution >= 4 is 11.8 Å². The minimum atomic E-state index is 0.311. The molecule has 1 aromatic carbocycles. The molecule has 0 spiro atoms. The summed E-state index contributed by atoms with van der Waals surface area (Å²) < 4.78 is 5.87. The van der Waals surface area contributed by atoms with E-state index in [0.29, 0.717) is 24.4 Å². The van der Waals surface area contributed by atoms with Crippen molar-refractivity contribution in [1.82, 2.24) is 15.3 Å². The van der Waals surface area contributed by atoms with Crippen LogP contribution in [0.5, 0.6) is 5.88 Å². The Morgan fingerprint density at radius 1 is 1.17 bits per heavy atom. The molecular formula is C18H25N3OS. The monoisotopic (exact) mass is 331 g/mol. The number of hydrogen-bond donors (Lipinski definition) is 1. The second-order valence-electron chi connectivity index (χ2n) is 5.85. The lowest BCUT2D eigenvalue weighted by molar-refractivity contribution is 0.229. The van der Waals surface area contributed by atoms with E-state index in [0.717, 1.165) is 16.6 Å². The fourth-order valence-electron chi connectivity index (χ4n) is 2.16. The van der Waals surface area contributed by atoms with Crippen LogP contribution in [0.3, 0.4) is 0 Å². The second kappa shape index (κ2) is 8.89. The molecule has 0 fully saturated rings. The second-order valence-corrected chi connectivity index (χ2v) is 6.80. The quantitative estimate of drug-likeness (QED) is 0.590.